The number of benzene rings is 14. The van der Waals surface area contributed by atoms with E-state index in [-0.39, 0.29) is 5.41 Å². The van der Waals surface area contributed by atoms with Gasteiger partial charge >= 0.3 is 0 Å². The van der Waals surface area contributed by atoms with Crippen molar-refractivity contribution in [2.75, 3.05) is 4.90 Å². The van der Waals surface area contributed by atoms with E-state index in [1.54, 1.807) is 0 Å². The summed E-state index contributed by atoms with van der Waals surface area (Å²) in [5, 5.41) is 12.6. The molecule has 1 heterocycles. The first-order valence-corrected chi connectivity index (χ1v) is 29.0. The molecule has 1 aromatic heterocycles. The zero-order valence-electron chi connectivity index (χ0n) is 45.0. The lowest BCUT2D eigenvalue weighted by Gasteiger charge is -2.31. The summed E-state index contributed by atoms with van der Waals surface area (Å²) in [5.41, 5.74) is 20.3. The highest BCUT2D eigenvalue weighted by Crippen LogP contribution is 2.54. The summed E-state index contributed by atoms with van der Waals surface area (Å²) in [6.07, 6.45) is 0. The molecule has 380 valence electrons. The van der Waals surface area contributed by atoms with Crippen LogP contribution < -0.4 is 4.90 Å². The third kappa shape index (κ3) is 7.52. The number of rotatable bonds is 8. The van der Waals surface area contributed by atoms with Gasteiger partial charge in [-0.1, -0.05) is 250 Å². The van der Waals surface area contributed by atoms with Crippen molar-refractivity contribution < 1.29 is 0 Å². The van der Waals surface area contributed by atoms with E-state index in [0.717, 1.165) is 33.8 Å². The smallest absolute Gasteiger partial charge is 0.0546 e. The number of fused-ring (bicyclic) bond motifs is 14. The van der Waals surface area contributed by atoms with Gasteiger partial charge in [-0.2, -0.15) is 0 Å². The van der Waals surface area contributed by atoms with Crippen LogP contribution in [0, 0.1) is 0 Å². The molecule has 15 aromatic rings. The zero-order chi connectivity index (χ0) is 53.8. The van der Waals surface area contributed by atoms with Crippen LogP contribution in [0.15, 0.2) is 285 Å². The van der Waals surface area contributed by atoms with E-state index >= 15 is 0 Å². The maximum absolute atomic E-state index is 2.57. The van der Waals surface area contributed by atoms with Gasteiger partial charge in [0.2, 0.25) is 0 Å². The molecule has 0 spiro atoms. The molecule has 0 saturated carbocycles. The molecule has 81 heavy (non-hydrogen) atoms. The van der Waals surface area contributed by atoms with Gasteiger partial charge in [0.05, 0.1) is 5.69 Å². The highest BCUT2D eigenvalue weighted by molar-refractivity contribution is 7.26. The van der Waals surface area contributed by atoms with Crippen LogP contribution in [0.2, 0.25) is 0 Å². The second-order valence-corrected chi connectivity index (χ2v) is 23.3. The predicted molar refractivity (Wildman–Crippen MR) is 349 cm³/mol. The number of hydrogen-bond donors (Lipinski definition) is 0. The van der Waals surface area contributed by atoms with Crippen LogP contribution in [-0.2, 0) is 5.41 Å². The van der Waals surface area contributed by atoms with Crippen LogP contribution >= 0.6 is 11.3 Å². The zero-order valence-corrected chi connectivity index (χ0v) is 45.8. The fourth-order valence-corrected chi connectivity index (χ4v) is 14.9. The summed E-state index contributed by atoms with van der Waals surface area (Å²) < 4.78 is 2.62. The van der Waals surface area contributed by atoms with Crippen molar-refractivity contribution in [1.82, 2.24) is 0 Å². The molecule has 1 nitrogen and oxygen atoms in total. The van der Waals surface area contributed by atoms with Gasteiger partial charge < -0.3 is 4.90 Å². The van der Waals surface area contributed by atoms with Gasteiger partial charge in [-0.05, 0) is 153 Å². The minimum Gasteiger partial charge on any atom is -0.310 e. The average Bonchev–Trinajstić information content (AvgIpc) is 4.24. The van der Waals surface area contributed by atoms with E-state index in [4.69, 9.17) is 0 Å². The van der Waals surface area contributed by atoms with Crippen LogP contribution in [0.5, 0.6) is 0 Å². The van der Waals surface area contributed by atoms with Gasteiger partial charge in [0, 0.05) is 53.3 Å². The molecule has 0 N–H and O–H groups in total. The third-order valence-electron chi connectivity index (χ3n) is 17.4. The molecule has 0 aliphatic heterocycles. The molecule has 0 fully saturated rings. The van der Waals surface area contributed by atoms with Crippen molar-refractivity contribution in [1.29, 1.82) is 0 Å². The van der Waals surface area contributed by atoms with E-state index in [0.29, 0.717) is 0 Å². The Hall–Kier alpha value is -9.86. The van der Waals surface area contributed by atoms with Crippen molar-refractivity contribution >= 4 is 91.7 Å². The molecule has 16 rings (SSSR count). The topological polar surface area (TPSA) is 3.24 Å². The molecule has 0 radical (unpaired) electrons. The summed E-state index contributed by atoms with van der Waals surface area (Å²) >= 11 is 1.91. The second kappa shape index (κ2) is 18.6. The Morgan fingerprint density at radius 2 is 0.802 bits per heavy atom. The highest BCUT2D eigenvalue weighted by atomic mass is 32.1. The molecular weight excluding hydrogens is 995 g/mol. The highest BCUT2D eigenvalue weighted by Gasteiger charge is 2.36. The number of thiophene rings is 1. The standard InChI is InChI=1S/C79H53NS/c1-79(2)71-35-19-18-31-64(71)65-42-41-57(48-72(65)79)80(58-46-55(50-21-6-3-7-22-50)45-56(47-58)51-23-8-4-9-24-51)73-44-43-67-62-29-13-12-27-60(62)61-28-14-16-32-66(61)77(67)75(73)54-39-37-53(38-40-54)59-34-20-36-74-76(59)70-49-69(52-25-10-5-11-26-52)63-30-15-17-33-68(63)78(70)81-74/h3-49H,1-2H3. The Kier molecular flexibility index (Phi) is 10.9. The Morgan fingerprint density at radius 1 is 0.284 bits per heavy atom. The maximum Gasteiger partial charge on any atom is 0.0546 e. The van der Waals surface area contributed by atoms with Crippen molar-refractivity contribution in [3.63, 3.8) is 0 Å². The largest absolute Gasteiger partial charge is 0.310 e. The van der Waals surface area contributed by atoms with Crippen LogP contribution in [0.3, 0.4) is 0 Å². The first-order valence-electron chi connectivity index (χ1n) is 28.1. The van der Waals surface area contributed by atoms with Gasteiger partial charge in [0.15, 0.2) is 0 Å². The number of anilines is 3. The first kappa shape index (κ1) is 47.2. The fraction of sp³-hybridized carbons (Fsp3) is 0.0380. The van der Waals surface area contributed by atoms with Gasteiger partial charge in [0.25, 0.3) is 0 Å². The van der Waals surface area contributed by atoms with Crippen LogP contribution in [-0.4, -0.2) is 0 Å². The van der Waals surface area contributed by atoms with Crippen molar-refractivity contribution in [3.05, 3.63) is 296 Å². The van der Waals surface area contributed by atoms with Crippen molar-refractivity contribution in [3.8, 4) is 66.8 Å². The molecule has 2 heteroatoms. The van der Waals surface area contributed by atoms with Crippen LogP contribution in [0.1, 0.15) is 25.0 Å². The lowest BCUT2D eigenvalue weighted by Crippen LogP contribution is -2.17. The predicted octanol–water partition coefficient (Wildman–Crippen LogP) is 22.8. The summed E-state index contributed by atoms with van der Waals surface area (Å²) in [6.45, 7) is 4.78. The Bertz CT molecular complexity index is 4900. The first-order chi connectivity index (χ1) is 39.9. The van der Waals surface area contributed by atoms with Crippen molar-refractivity contribution in [2.24, 2.45) is 0 Å². The van der Waals surface area contributed by atoms with Gasteiger partial charge in [-0.3, -0.25) is 0 Å². The number of nitrogens with zero attached hydrogens (tertiary/aromatic N) is 1. The third-order valence-corrected chi connectivity index (χ3v) is 18.6. The minimum absolute atomic E-state index is 0.210. The fourth-order valence-electron chi connectivity index (χ4n) is 13.6. The molecule has 0 atom stereocenters. The molecule has 0 unspecified atom stereocenters. The Balaban J connectivity index is 0.976. The van der Waals surface area contributed by atoms with Crippen molar-refractivity contribution in [2.45, 2.75) is 19.3 Å². The van der Waals surface area contributed by atoms with E-state index in [1.807, 2.05) is 11.3 Å². The van der Waals surface area contributed by atoms with E-state index in [1.165, 1.54) is 124 Å². The van der Waals surface area contributed by atoms with Gasteiger partial charge in [-0.15, -0.1) is 11.3 Å². The Morgan fingerprint density at radius 3 is 1.48 bits per heavy atom. The van der Waals surface area contributed by atoms with Crippen LogP contribution in [0.4, 0.5) is 17.1 Å². The van der Waals surface area contributed by atoms with E-state index in [2.05, 4.69) is 304 Å². The van der Waals surface area contributed by atoms with Gasteiger partial charge in [-0.25, -0.2) is 0 Å². The lowest BCUT2D eigenvalue weighted by molar-refractivity contribution is 0.660. The summed E-state index contributed by atoms with van der Waals surface area (Å²) in [6, 6.07) is 107. The second-order valence-electron chi connectivity index (χ2n) is 22.3. The van der Waals surface area contributed by atoms with Crippen LogP contribution in [0.25, 0.3) is 130 Å². The SMILES string of the molecule is CC1(C)c2ccccc2-c2ccc(N(c3cc(-c4ccccc4)cc(-c4ccccc4)c3)c3ccc4c5ccccc5c5ccccc5c4c3-c3ccc(-c4cccc5sc6c7ccccc7c(-c7ccccc7)cc6c45)cc3)cc21. The molecule has 0 bridgehead atoms. The van der Waals surface area contributed by atoms with Gasteiger partial charge in [0.1, 0.15) is 0 Å². The monoisotopic (exact) mass is 1050 g/mol. The Labute approximate surface area is 475 Å². The maximum atomic E-state index is 2.57. The number of hydrogen-bond acceptors (Lipinski definition) is 2. The molecule has 0 amide bonds. The molecule has 14 aromatic carbocycles. The molecule has 0 saturated heterocycles. The normalized spacial score (nSPS) is 12.7. The quantitative estimate of drug-likeness (QED) is 0.137. The average molecular weight is 1050 g/mol. The molecule has 1 aliphatic carbocycles. The van der Waals surface area contributed by atoms with E-state index in [9.17, 15) is 0 Å². The summed E-state index contributed by atoms with van der Waals surface area (Å²) in [5.74, 6) is 0. The van der Waals surface area contributed by atoms with E-state index < -0.39 is 0 Å². The summed E-state index contributed by atoms with van der Waals surface area (Å²) in [7, 11) is 0. The molecular formula is C79H53NS. The lowest BCUT2D eigenvalue weighted by atomic mass is 9.82. The minimum atomic E-state index is -0.210. The summed E-state index contributed by atoms with van der Waals surface area (Å²) in [4.78, 5) is 2.57. The molecule has 1 aliphatic rings.